The van der Waals surface area contributed by atoms with Crippen LogP contribution < -0.4 is 10.6 Å². The zero-order valence-corrected chi connectivity index (χ0v) is 18.0. The van der Waals surface area contributed by atoms with E-state index in [1.165, 1.54) is 19.3 Å². The molecule has 0 spiro atoms. The Hall–Kier alpha value is -2.12. The van der Waals surface area contributed by atoms with Gasteiger partial charge in [0, 0.05) is 5.54 Å². The standard InChI is InChI=1S/C22H33N3O5/c1-3-4-5-21(2)19(28)25(20(29)24-21)12-18(27)30-13-17(26)23-22-9-14-6-15(10-22)8-16(7-14)11-22/h14-16H,3-13H2,1-2H3,(H,23,26)(H,24,29)/t14?,15?,16?,21-,22?/m0/s1. The number of urea groups is 1. The molecule has 1 aliphatic heterocycles. The topological polar surface area (TPSA) is 105 Å². The third-order valence-electron chi connectivity index (χ3n) is 7.47. The third kappa shape index (κ3) is 4.05. The minimum absolute atomic E-state index is 0.135. The quantitative estimate of drug-likeness (QED) is 0.463. The highest BCUT2D eigenvalue weighted by atomic mass is 16.5. The Morgan fingerprint density at radius 2 is 1.73 bits per heavy atom. The maximum Gasteiger partial charge on any atom is 0.326 e. The van der Waals surface area contributed by atoms with Crippen molar-refractivity contribution in [3.63, 3.8) is 0 Å². The largest absolute Gasteiger partial charge is 0.454 e. The van der Waals surface area contributed by atoms with Crippen molar-refractivity contribution < 1.29 is 23.9 Å². The number of unbranched alkanes of at least 4 members (excludes halogenated alkanes) is 1. The van der Waals surface area contributed by atoms with Gasteiger partial charge in [0.25, 0.3) is 11.8 Å². The lowest BCUT2D eigenvalue weighted by Gasteiger charge is -2.56. The highest BCUT2D eigenvalue weighted by molar-refractivity contribution is 6.08. The van der Waals surface area contributed by atoms with Gasteiger partial charge in [-0.3, -0.25) is 19.3 Å². The molecule has 166 valence electrons. The molecule has 1 atom stereocenters. The molecule has 5 fully saturated rings. The van der Waals surface area contributed by atoms with E-state index in [9.17, 15) is 19.2 Å². The van der Waals surface area contributed by atoms with Crippen molar-refractivity contribution in [3.05, 3.63) is 0 Å². The van der Waals surface area contributed by atoms with Gasteiger partial charge in [-0.1, -0.05) is 19.8 Å². The summed E-state index contributed by atoms with van der Waals surface area (Å²) in [5, 5.41) is 5.82. The summed E-state index contributed by atoms with van der Waals surface area (Å²) in [4.78, 5) is 50.3. The van der Waals surface area contributed by atoms with Crippen LogP contribution in [0.5, 0.6) is 0 Å². The van der Waals surface area contributed by atoms with E-state index in [1.54, 1.807) is 6.92 Å². The van der Waals surface area contributed by atoms with Gasteiger partial charge in [-0.2, -0.15) is 0 Å². The number of hydrogen-bond donors (Lipinski definition) is 2. The monoisotopic (exact) mass is 419 g/mol. The van der Waals surface area contributed by atoms with E-state index >= 15 is 0 Å². The van der Waals surface area contributed by atoms with E-state index in [2.05, 4.69) is 10.6 Å². The lowest BCUT2D eigenvalue weighted by atomic mass is 9.53. The van der Waals surface area contributed by atoms with E-state index in [4.69, 9.17) is 4.74 Å². The third-order valence-corrected chi connectivity index (χ3v) is 7.47. The van der Waals surface area contributed by atoms with Gasteiger partial charge in [-0.15, -0.1) is 0 Å². The number of amides is 4. The predicted molar refractivity (Wildman–Crippen MR) is 108 cm³/mol. The van der Waals surface area contributed by atoms with Gasteiger partial charge in [0.15, 0.2) is 6.61 Å². The first-order valence-corrected chi connectivity index (χ1v) is 11.3. The Morgan fingerprint density at radius 3 is 2.30 bits per heavy atom. The van der Waals surface area contributed by atoms with Crippen molar-refractivity contribution in [1.82, 2.24) is 15.5 Å². The van der Waals surface area contributed by atoms with Gasteiger partial charge in [-0.25, -0.2) is 4.79 Å². The first-order chi connectivity index (χ1) is 14.2. The van der Waals surface area contributed by atoms with Crippen molar-refractivity contribution in [2.45, 2.75) is 82.7 Å². The molecule has 4 saturated carbocycles. The molecule has 5 rings (SSSR count). The highest BCUT2D eigenvalue weighted by Crippen LogP contribution is 2.55. The molecule has 4 aliphatic carbocycles. The summed E-state index contributed by atoms with van der Waals surface area (Å²) < 4.78 is 5.10. The second-order valence-electron chi connectivity index (χ2n) is 10.2. The van der Waals surface area contributed by atoms with E-state index in [-0.39, 0.29) is 18.1 Å². The molecule has 0 radical (unpaired) electrons. The summed E-state index contributed by atoms with van der Waals surface area (Å²) in [5.41, 5.74) is -1.12. The first-order valence-electron chi connectivity index (χ1n) is 11.3. The summed E-state index contributed by atoms with van der Waals surface area (Å²) >= 11 is 0. The average Bonchev–Trinajstić information content (AvgIpc) is 2.87. The molecular weight excluding hydrogens is 386 g/mol. The van der Waals surface area contributed by atoms with E-state index < -0.39 is 30.0 Å². The maximum atomic E-state index is 12.6. The minimum atomic E-state index is -0.983. The molecule has 0 aromatic rings. The molecule has 0 unspecified atom stereocenters. The van der Waals surface area contributed by atoms with Crippen LogP contribution in [-0.2, 0) is 19.1 Å². The zero-order chi connectivity index (χ0) is 21.5. The summed E-state index contributed by atoms with van der Waals surface area (Å²) in [5.74, 6) is 0.660. The van der Waals surface area contributed by atoms with Crippen molar-refractivity contribution in [2.75, 3.05) is 13.2 Å². The molecule has 0 aromatic heterocycles. The smallest absolute Gasteiger partial charge is 0.326 e. The Balaban J connectivity index is 1.25. The van der Waals surface area contributed by atoms with E-state index in [1.807, 2.05) is 6.92 Å². The molecule has 8 nitrogen and oxygen atoms in total. The van der Waals surface area contributed by atoms with Crippen molar-refractivity contribution in [1.29, 1.82) is 0 Å². The van der Waals surface area contributed by atoms with Crippen LogP contribution in [0, 0.1) is 17.8 Å². The molecule has 4 bridgehead atoms. The molecule has 4 amide bonds. The van der Waals surface area contributed by atoms with Crippen LogP contribution in [0.2, 0.25) is 0 Å². The number of imide groups is 1. The number of carbonyl (C=O) groups excluding carboxylic acids is 4. The molecule has 1 saturated heterocycles. The van der Waals surface area contributed by atoms with Crippen LogP contribution in [0.15, 0.2) is 0 Å². The van der Waals surface area contributed by atoms with Gasteiger partial charge in [0.2, 0.25) is 0 Å². The summed E-state index contributed by atoms with van der Waals surface area (Å²) in [7, 11) is 0. The molecule has 30 heavy (non-hydrogen) atoms. The minimum Gasteiger partial charge on any atom is -0.454 e. The van der Waals surface area contributed by atoms with Crippen LogP contribution in [0.3, 0.4) is 0 Å². The first kappa shape index (κ1) is 21.1. The Labute approximate surface area is 177 Å². The van der Waals surface area contributed by atoms with Crippen LogP contribution in [0.4, 0.5) is 4.79 Å². The molecule has 8 heteroatoms. The van der Waals surface area contributed by atoms with Crippen molar-refractivity contribution >= 4 is 23.8 Å². The van der Waals surface area contributed by atoms with Crippen LogP contribution >= 0.6 is 0 Å². The lowest BCUT2D eigenvalue weighted by Crippen LogP contribution is -2.60. The molecule has 5 aliphatic rings. The van der Waals surface area contributed by atoms with E-state index in [0.29, 0.717) is 24.2 Å². The number of rotatable bonds is 8. The number of ether oxygens (including phenoxy) is 1. The maximum absolute atomic E-state index is 12.6. The van der Waals surface area contributed by atoms with Crippen LogP contribution in [0.25, 0.3) is 0 Å². The highest BCUT2D eigenvalue weighted by Gasteiger charge is 2.51. The molecule has 1 heterocycles. The average molecular weight is 420 g/mol. The predicted octanol–water partition coefficient (Wildman–Crippen LogP) is 2.12. The normalized spacial score (nSPS) is 36.7. The second-order valence-corrected chi connectivity index (χ2v) is 10.2. The summed E-state index contributed by atoms with van der Waals surface area (Å²) in [6.45, 7) is 2.83. The fourth-order valence-electron chi connectivity index (χ4n) is 6.51. The van der Waals surface area contributed by atoms with E-state index in [0.717, 1.165) is 37.0 Å². The van der Waals surface area contributed by atoms with Crippen molar-refractivity contribution in [2.24, 2.45) is 17.8 Å². The summed E-state index contributed by atoms with van der Waals surface area (Å²) in [6, 6.07) is -0.589. The number of esters is 1. The molecule has 2 N–H and O–H groups in total. The number of nitrogens with zero attached hydrogens (tertiary/aromatic N) is 1. The fourth-order valence-corrected chi connectivity index (χ4v) is 6.51. The number of nitrogens with one attached hydrogen (secondary N) is 2. The zero-order valence-electron chi connectivity index (χ0n) is 18.0. The van der Waals surface area contributed by atoms with Gasteiger partial charge < -0.3 is 15.4 Å². The van der Waals surface area contributed by atoms with Gasteiger partial charge >= 0.3 is 12.0 Å². The van der Waals surface area contributed by atoms with Gasteiger partial charge in [0.1, 0.15) is 12.1 Å². The second kappa shape index (κ2) is 7.85. The van der Waals surface area contributed by atoms with Gasteiger partial charge in [-0.05, 0) is 69.6 Å². The lowest BCUT2D eigenvalue weighted by molar-refractivity contribution is -0.152. The molecular formula is C22H33N3O5. The SMILES string of the molecule is CCCC[C@]1(C)NC(=O)N(CC(=O)OCC(=O)NC23CC4CC(CC(C4)C2)C3)C1=O. The van der Waals surface area contributed by atoms with Crippen LogP contribution in [0.1, 0.15) is 71.6 Å². The fraction of sp³-hybridized carbons (Fsp3) is 0.818. The Kier molecular flexibility index (Phi) is 5.53. The molecule has 0 aromatic carbocycles. The number of hydrogen-bond acceptors (Lipinski definition) is 5. The van der Waals surface area contributed by atoms with Gasteiger partial charge in [0.05, 0.1) is 0 Å². The Bertz CT molecular complexity index is 716. The van der Waals surface area contributed by atoms with Crippen LogP contribution in [-0.4, -0.2) is 52.9 Å². The number of carbonyl (C=O) groups is 4. The van der Waals surface area contributed by atoms with Crippen molar-refractivity contribution in [3.8, 4) is 0 Å². The summed E-state index contributed by atoms with van der Waals surface area (Å²) in [6.07, 6.45) is 9.15. The Morgan fingerprint density at radius 1 is 1.13 bits per heavy atom.